The maximum atomic E-state index is 4.95. The molecule has 6 aromatic carbocycles. The summed E-state index contributed by atoms with van der Waals surface area (Å²) in [6.07, 6.45) is 0. The minimum Gasteiger partial charge on any atom is -0.310 e. The smallest absolute Gasteiger partial charge is 0.164 e. The van der Waals surface area contributed by atoms with Gasteiger partial charge < -0.3 is 4.90 Å². The Hall–Kier alpha value is -5.65. The van der Waals surface area contributed by atoms with Crippen LogP contribution in [0.3, 0.4) is 0 Å². The number of para-hydroxylation sites is 1. The van der Waals surface area contributed by atoms with Gasteiger partial charge in [0.15, 0.2) is 17.5 Å². The van der Waals surface area contributed by atoms with Gasteiger partial charge in [-0.25, -0.2) is 15.0 Å². The lowest BCUT2D eigenvalue weighted by Crippen LogP contribution is -2.30. The molecule has 224 valence electrons. The molecule has 2 aromatic heterocycles. The lowest BCUT2D eigenvalue weighted by molar-refractivity contribution is 0.633. The molecule has 47 heavy (non-hydrogen) atoms. The highest BCUT2D eigenvalue weighted by molar-refractivity contribution is 7.25. The summed E-state index contributed by atoms with van der Waals surface area (Å²) in [6, 6.07) is 51.2. The van der Waals surface area contributed by atoms with Crippen LogP contribution in [0.4, 0.5) is 17.1 Å². The molecule has 3 heterocycles. The maximum Gasteiger partial charge on any atom is 0.164 e. The molecule has 0 aliphatic carbocycles. The van der Waals surface area contributed by atoms with E-state index in [0.29, 0.717) is 17.5 Å². The third-order valence-electron chi connectivity index (χ3n) is 9.31. The van der Waals surface area contributed by atoms with Gasteiger partial charge >= 0.3 is 0 Å². The van der Waals surface area contributed by atoms with Crippen LogP contribution in [-0.2, 0) is 5.41 Å². The first-order chi connectivity index (χ1) is 23.0. The number of nitrogens with zero attached hydrogens (tertiary/aromatic N) is 4. The fourth-order valence-corrected chi connectivity index (χ4v) is 8.01. The molecule has 4 nitrogen and oxygen atoms in total. The van der Waals surface area contributed by atoms with E-state index in [4.69, 9.17) is 15.0 Å². The lowest BCUT2D eigenvalue weighted by atomic mass is 9.73. The van der Waals surface area contributed by atoms with Gasteiger partial charge in [0.25, 0.3) is 0 Å². The molecule has 0 N–H and O–H groups in total. The van der Waals surface area contributed by atoms with E-state index in [9.17, 15) is 0 Å². The van der Waals surface area contributed by atoms with Crippen LogP contribution in [0.5, 0.6) is 0 Å². The van der Waals surface area contributed by atoms with Crippen molar-refractivity contribution in [3.8, 4) is 34.2 Å². The van der Waals surface area contributed by atoms with Crippen molar-refractivity contribution in [1.29, 1.82) is 0 Å². The molecule has 8 aromatic rings. The zero-order valence-corrected chi connectivity index (χ0v) is 26.9. The van der Waals surface area contributed by atoms with Crippen LogP contribution in [0.1, 0.15) is 25.0 Å². The second-order valence-electron chi connectivity index (χ2n) is 12.5. The molecule has 0 saturated carbocycles. The van der Waals surface area contributed by atoms with Gasteiger partial charge in [0, 0.05) is 48.0 Å². The van der Waals surface area contributed by atoms with E-state index in [1.54, 1.807) is 0 Å². The average molecular weight is 623 g/mol. The van der Waals surface area contributed by atoms with Crippen molar-refractivity contribution in [3.63, 3.8) is 0 Å². The summed E-state index contributed by atoms with van der Waals surface area (Å²) >= 11 is 1.86. The first-order valence-electron chi connectivity index (χ1n) is 15.9. The molecule has 0 spiro atoms. The number of benzene rings is 6. The highest BCUT2D eigenvalue weighted by Gasteiger charge is 2.37. The van der Waals surface area contributed by atoms with Gasteiger partial charge in [0.05, 0.1) is 11.4 Å². The Kier molecular flexibility index (Phi) is 6.30. The van der Waals surface area contributed by atoms with E-state index >= 15 is 0 Å². The Morgan fingerprint density at radius 3 is 1.68 bits per heavy atom. The van der Waals surface area contributed by atoms with E-state index in [1.807, 2.05) is 72.0 Å². The Labute approximate surface area is 277 Å². The van der Waals surface area contributed by atoms with Gasteiger partial charge in [-0.2, -0.15) is 0 Å². The van der Waals surface area contributed by atoms with Gasteiger partial charge in [-0.05, 0) is 59.7 Å². The van der Waals surface area contributed by atoms with Gasteiger partial charge in [-0.15, -0.1) is 11.3 Å². The second kappa shape index (κ2) is 10.7. The number of thiophene rings is 1. The fraction of sp³-hybridized carbons (Fsp3) is 0.0714. The maximum absolute atomic E-state index is 4.95. The van der Waals surface area contributed by atoms with E-state index in [1.165, 1.54) is 42.7 Å². The zero-order chi connectivity index (χ0) is 31.5. The molecule has 0 bridgehead atoms. The van der Waals surface area contributed by atoms with Crippen LogP contribution in [-0.4, -0.2) is 15.0 Å². The topological polar surface area (TPSA) is 41.9 Å². The van der Waals surface area contributed by atoms with Crippen molar-refractivity contribution in [1.82, 2.24) is 15.0 Å². The van der Waals surface area contributed by atoms with Crippen molar-refractivity contribution in [2.75, 3.05) is 4.90 Å². The molecule has 9 rings (SSSR count). The minimum absolute atomic E-state index is 0.161. The van der Waals surface area contributed by atoms with Crippen LogP contribution in [0.15, 0.2) is 146 Å². The molecule has 5 heteroatoms. The van der Waals surface area contributed by atoms with Crippen LogP contribution in [0.2, 0.25) is 0 Å². The predicted molar refractivity (Wildman–Crippen MR) is 196 cm³/mol. The number of rotatable bonds is 4. The molecule has 0 fully saturated rings. The second-order valence-corrected chi connectivity index (χ2v) is 13.6. The number of hydrogen-bond acceptors (Lipinski definition) is 5. The summed E-state index contributed by atoms with van der Waals surface area (Å²) in [5, 5.41) is 2.65. The van der Waals surface area contributed by atoms with Crippen molar-refractivity contribution in [2.45, 2.75) is 19.3 Å². The van der Waals surface area contributed by atoms with Crippen LogP contribution in [0.25, 0.3) is 54.3 Å². The molecular formula is C42H30N4S. The van der Waals surface area contributed by atoms with Gasteiger partial charge in [0.2, 0.25) is 0 Å². The van der Waals surface area contributed by atoms with Crippen molar-refractivity contribution < 1.29 is 0 Å². The highest BCUT2D eigenvalue weighted by Crippen LogP contribution is 2.54. The van der Waals surface area contributed by atoms with Crippen LogP contribution < -0.4 is 4.90 Å². The molecule has 0 unspecified atom stereocenters. The molecule has 0 amide bonds. The van der Waals surface area contributed by atoms with Gasteiger partial charge in [-0.3, -0.25) is 0 Å². The Balaban J connectivity index is 1.19. The quantitative estimate of drug-likeness (QED) is 0.196. The third kappa shape index (κ3) is 4.54. The SMILES string of the molecule is CC1(C)c2ccccc2N(c2ccc(-c3nc(-c4ccccc4)nc(-c4ccccc4)n3)cc2)c2cc3sc4ccccc4c3cc21. The van der Waals surface area contributed by atoms with Crippen LogP contribution in [0, 0.1) is 0 Å². The molecule has 0 atom stereocenters. The van der Waals surface area contributed by atoms with Crippen LogP contribution >= 0.6 is 11.3 Å². The van der Waals surface area contributed by atoms with E-state index < -0.39 is 0 Å². The first kappa shape index (κ1) is 27.6. The van der Waals surface area contributed by atoms with E-state index in [0.717, 1.165) is 22.4 Å². The number of fused-ring (bicyclic) bond motifs is 5. The van der Waals surface area contributed by atoms with Gasteiger partial charge in [0.1, 0.15) is 0 Å². The summed E-state index contributed by atoms with van der Waals surface area (Å²) in [6.45, 7) is 4.70. The zero-order valence-electron chi connectivity index (χ0n) is 26.1. The molecule has 0 saturated heterocycles. The standard InChI is InChI=1S/C42H30N4S/c1-42(2)33-18-10-11-19-35(33)46(36-26-38-32(25-34(36)42)31-17-9-12-20-37(31)47-38)30-23-21-29(22-24-30)41-44-39(27-13-5-3-6-14-27)43-40(45-41)28-15-7-4-8-16-28/h3-26H,1-2H3. The summed E-state index contributed by atoms with van der Waals surface area (Å²) < 4.78 is 2.62. The minimum atomic E-state index is -0.161. The third-order valence-corrected chi connectivity index (χ3v) is 10.4. The fourth-order valence-electron chi connectivity index (χ4n) is 6.89. The highest BCUT2D eigenvalue weighted by atomic mass is 32.1. The van der Waals surface area contributed by atoms with E-state index in [-0.39, 0.29) is 5.41 Å². The average Bonchev–Trinajstić information content (AvgIpc) is 3.50. The molecule has 1 aliphatic heterocycles. The molecule has 1 aliphatic rings. The Morgan fingerprint density at radius 1 is 0.468 bits per heavy atom. The predicted octanol–water partition coefficient (Wildman–Crippen LogP) is 11.3. The lowest BCUT2D eigenvalue weighted by Gasteiger charge is -2.42. The first-order valence-corrected chi connectivity index (χ1v) is 16.7. The summed E-state index contributed by atoms with van der Waals surface area (Å²) in [4.78, 5) is 17.2. The number of anilines is 3. The molecule has 0 radical (unpaired) electrons. The van der Waals surface area contributed by atoms with Crippen molar-refractivity contribution in [3.05, 3.63) is 157 Å². The number of aromatic nitrogens is 3. The Bertz CT molecular complexity index is 2370. The largest absolute Gasteiger partial charge is 0.310 e. The molecular weight excluding hydrogens is 593 g/mol. The summed E-state index contributed by atoms with van der Waals surface area (Å²) in [7, 11) is 0. The summed E-state index contributed by atoms with van der Waals surface area (Å²) in [5.41, 5.74) is 8.86. The van der Waals surface area contributed by atoms with Gasteiger partial charge in [-0.1, -0.05) is 111 Å². The van der Waals surface area contributed by atoms with Crippen molar-refractivity contribution in [2.24, 2.45) is 0 Å². The summed E-state index contributed by atoms with van der Waals surface area (Å²) in [5.74, 6) is 1.97. The van der Waals surface area contributed by atoms with E-state index in [2.05, 4.69) is 104 Å². The Morgan fingerprint density at radius 2 is 1.02 bits per heavy atom. The monoisotopic (exact) mass is 622 g/mol. The normalized spacial score (nSPS) is 13.4. The number of hydrogen-bond donors (Lipinski definition) is 0. The van der Waals surface area contributed by atoms with Crippen molar-refractivity contribution >= 4 is 48.6 Å².